The third-order valence-corrected chi connectivity index (χ3v) is 3.95. The van der Waals surface area contributed by atoms with E-state index in [0.717, 1.165) is 5.69 Å². The average Bonchev–Trinajstić information content (AvgIpc) is 2.83. The van der Waals surface area contributed by atoms with Gasteiger partial charge in [-0.05, 0) is 6.92 Å². The van der Waals surface area contributed by atoms with Gasteiger partial charge in [-0.2, -0.15) is 0 Å². The topological polar surface area (TPSA) is 83.7 Å². The molecule has 0 bridgehead atoms. The number of amides is 1. The quantitative estimate of drug-likeness (QED) is 0.891. The van der Waals surface area contributed by atoms with Crippen LogP contribution in [0.2, 0.25) is 0 Å². The van der Waals surface area contributed by atoms with Gasteiger partial charge in [0.1, 0.15) is 5.56 Å². The first kappa shape index (κ1) is 15.7. The second-order valence-corrected chi connectivity index (χ2v) is 6.86. The molecule has 0 saturated heterocycles. The highest BCUT2D eigenvalue weighted by molar-refractivity contribution is 7.15. The Balaban J connectivity index is 2.56. The predicted molar refractivity (Wildman–Crippen MR) is 82.1 cm³/mol. The maximum absolute atomic E-state index is 12.6. The van der Waals surface area contributed by atoms with Crippen molar-refractivity contribution in [3.8, 4) is 0 Å². The molecule has 2 aromatic rings. The lowest BCUT2D eigenvalue weighted by atomic mass is 9.93. The molecule has 0 aliphatic rings. The lowest BCUT2D eigenvalue weighted by molar-refractivity contribution is 0.0920. The van der Waals surface area contributed by atoms with Gasteiger partial charge in [-0.1, -0.05) is 20.8 Å². The molecule has 0 radical (unpaired) electrons. The standard InChI is InChI=1S/C14H19N3O3S/c1-8(6-18)16-11(19)9-5-15-13-17(12(9)20)10(7-21-13)14(2,3)4/h5,7-8,18H,6H2,1-4H3,(H,16,19). The van der Waals surface area contributed by atoms with Gasteiger partial charge in [0, 0.05) is 28.7 Å². The molecular formula is C14H19N3O3S. The fourth-order valence-corrected chi connectivity index (χ4v) is 2.99. The van der Waals surface area contributed by atoms with E-state index in [-0.39, 0.29) is 23.1 Å². The van der Waals surface area contributed by atoms with E-state index in [0.29, 0.717) is 4.96 Å². The summed E-state index contributed by atoms with van der Waals surface area (Å²) in [6, 6.07) is -0.415. The van der Waals surface area contributed by atoms with Crippen LogP contribution in [0.15, 0.2) is 16.4 Å². The SMILES string of the molecule is CC(CO)NC(=O)c1cnc2scc(C(C)(C)C)n2c1=O. The van der Waals surface area contributed by atoms with Crippen LogP contribution in [0.25, 0.3) is 4.96 Å². The molecule has 0 aliphatic carbocycles. The smallest absolute Gasteiger partial charge is 0.271 e. The Bertz CT molecular complexity index is 727. The maximum atomic E-state index is 12.6. The van der Waals surface area contributed by atoms with Crippen molar-refractivity contribution in [1.82, 2.24) is 14.7 Å². The molecular weight excluding hydrogens is 290 g/mol. The van der Waals surface area contributed by atoms with E-state index < -0.39 is 11.9 Å². The molecule has 0 spiro atoms. The van der Waals surface area contributed by atoms with Crippen molar-refractivity contribution in [3.63, 3.8) is 0 Å². The summed E-state index contributed by atoms with van der Waals surface area (Å²) in [5.41, 5.74) is 0.201. The minimum atomic E-state index is -0.519. The molecule has 2 aromatic heterocycles. The summed E-state index contributed by atoms with van der Waals surface area (Å²) >= 11 is 1.37. The number of aliphatic hydroxyl groups excluding tert-OH is 1. The number of fused-ring (bicyclic) bond motifs is 1. The number of hydrogen-bond acceptors (Lipinski definition) is 5. The normalized spacial score (nSPS) is 13.4. The monoisotopic (exact) mass is 309 g/mol. The number of aromatic nitrogens is 2. The molecule has 1 atom stereocenters. The first-order chi connectivity index (χ1) is 9.75. The molecule has 0 aliphatic heterocycles. The molecule has 7 heteroatoms. The first-order valence-corrected chi connectivity index (χ1v) is 7.55. The number of hydrogen-bond donors (Lipinski definition) is 2. The zero-order valence-corrected chi connectivity index (χ0v) is 13.3. The van der Waals surface area contributed by atoms with Crippen molar-refractivity contribution in [2.24, 2.45) is 0 Å². The van der Waals surface area contributed by atoms with Crippen LogP contribution in [0.5, 0.6) is 0 Å². The van der Waals surface area contributed by atoms with Crippen LogP contribution in [-0.4, -0.2) is 33.0 Å². The zero-order valence-electron chi connectivity index (χ0n) is 12.5. The largest absolute Gasteiger partial charge is 0.394 e. The predicted octanol–water partition coefficient (Wildman–Crippen LogP) is 1.16. The second-order valence-electron chi connectivity index (χ2n) is 6.02. The summed E-state index contributed by atoms with van der Waals surface area (Å²) in [6.45, 7) is 7.48. The van der Waals surface area contributed by atoms with Crippen LogP contribution >= 0.6 is 11.3 Å². The van der Waals surface area contributed by atoms with E-state index >= 15 is 0 Å². The van der Waals surface area contributed by atoms with Crippen molar-refractivity contribution >= 4 is 22.2 Å². The third kappa shape index (κ3) is 2.98. The fourth-order valence-electron chi connectivity index (χ4n) is 1.91. The molecule has 6 nitrogen and oxygen atoms in total. The van der Waals surface area contributed by atoms with Gasteiger partial charge in [0.05, 0.1) is 6.61 Å². The molecule has 0 fully saturated rings. The summed E-state index contributed by atoms with van der Waals surface area (Å²) in [5.74, 6) is -0.519. The van der Waals surface area contributed by atoms with Crippen LogP contribution < -0.4 is 10.9 Å². The molecule has 114 valence electrons. The zero-order chi connectivity index (χ0) is 15.8. The Kier molecular flexibility index (Phi) is 4.15. The highest BCUT2D eigenvalue weighted by Crippen LogP contribution is 2.25. The molecule has 2 N–H and O–H groups in total. The number of thiazole rings is 1. The summed E-state index contributed by atoms with van der Waals surface area (Å²) in [6.07, 6.45) is 1.29. The van der Waals surface area contributed by atoms with E-state index in [2.05, 4.69) is 10.3 Å². The van der Waals surface area contributed by atoms with Crippen LogP contribution in [-0.2, 0) is 5.41 Å². The van der Waals surface area contributed by atoms with Gasteiger partial charge in [0.2, 0.25) is 0 Å². The van der Waals surface area contributed by atoms with Gasteiger partial charge in [0.15, 0.2) is 4.96 Å². The minimum Gasteiger partial charge on any atom is -0.394 e. The Morgan fingerprint density at radius 3 is 2.76 bits per heavy atom. The van der Waals surface area contributed by atoms with Crippen molar-refractivity contribution in [2.75, 3.05) is 6.61 Å². The van der Waals surface area contributed by atoms with E-state index in [9.17, 15) is 9.59 Å². The van der Waals surface area contributed by atoms with Gasteiger partial charge in [-0.25, -0.2) is 4.98 Å². The van der Waals surface area contributed by atoms with Gasteiger partial charge in [0.25, 0.3) is 11.5 Å². The number of carbonyl (C=O) groups is 1. The number of nitrogens with one attached hydrogen (secondary N) is 1. The number of rotatable bonds is 3. The van der Waals surface area contributed by atoms with Gasteiger partial charge < -0.3 is 10.4 Å². The van der Waals surface area contributed by atoms with Crippen molar-refractivity contribution in [2.45, 2.75) is 39.2 Å². The second kappa shape index (κ2) is 5.57. The third-order valence-electron chi connectivity index (χ3n) is 3.11. The molecule has 2 rings (SSSR count). The minimum absolute atomic E-state index is 0.0169. The van der Waals surface area contributed by atoms with Gasteiger partial charge in [-0.15, -0.1) is 11.3 Å². The summed E-state index contributed by atoms with van der Waals surface area (Å²) < 4.78 is 1.49. The maximum Gasteiger partial charge on any atom is 0.271 e. The Morgan fingerprint density at radius 2 is 2.19 bits per heavy atom. The van der Waals surface area contributed by atoms with Gasteiger partial charge in [-0.3, -0.25) is 14.0 Å². The van der Waals surface area contributed by atoms with Crippen LogP contribution in [0, 0.1) is 0 Å². The highest BCUT2D eigenvalue weighted by Gasteiger charge is 2.23. The molecule has 1 amide bonds. The van der Waals surface area contributed by atoms with E-state index in [1.807, 2.05) is 26.2 Å². The first-order valence-electron chi connectivity index (χ1n) is 6.67. The van der Waals surface area contributed by atoms with Crippen LogP contribution in [0.1, 0.15) is 43.7 Å². The lowest BCUT2D eigenvalue weighted by Gasteiger charge is -2.17. The summed E-state index contributed by atoms with van der Waals surface area (Å²) in [4.78, 5) is 29.4. The Hall–Kier alpha value is -1.73. The molecule has 0 saturated carbocycles. The van der Waals surface area contributed by atoms with Crippen LogP contribution in [0.3, 0.4) is 0 Å². The lowest BCUT2D eigenvalue weighted by Crippen LogP contribution is -2.39. The van der Waals surface area contributed by atoms with Crippen molar-refractivity contribution < 1.29 is 9.90 Å². The highest BCUT2D eigenvalue weighted by atomic mass is 32.1. The van der Waals surface area contributed by atoms with Crippen molar-refractivity contribution in [3.05, 3.63) is 33.2 Å². The van der Waals surface area contributed by atoms with E-state index in [1.165, 1.54) is 21.9 Å². The average molecular weight is 309 g/mol. The molecule has 1 unspecified atom stereocenters. The summed E-state index contributed by atoms with van der Waals surface area (Å²) in [5, 5.41) is 13.4. The Labute approximate surface area is 126 Å². The fraction of sp³-hybridized carbons (Fsp3) is 0.500. The number of aliphatic hydroxyl groups is 1. The van der Waals surface area contributed by atoms with Gasteiger partial charge >= 0.3 is 0 Å². The number of nitrogens with zero attached hydrogens (tertiary/aromatic N) is 2. The molecule has 2 heterocycles. The number of carbonyl (C=O) groups excluding carboxylic acids is 1. The van der Waals surface area contributed by atoms with E-state index in [4.69, 9.17) is 5.11 Å². The molecule has 21 heavy (non-hydrogen) atoms. The molecule has 0 aromatic carbocycles. The Morgan fingerprint density at radius 1 is 1.52 bits per heavy atom. The summed E-state index contributed by atoms with van der Waals surface area (Å²) in [7, 11) is 0. The van der Waals surface area contributed by atoms with Crippen LogP contribution in [0.4, 0.5) is 0 Å². The van der Waals surface area contributed by atoms with E-state index in [1.54, 1.807) is 6.92 Å². The van der Waals surface area contributed by atoms with Crippen molar-refractivity contribution in [1.29, 1.82) is 0 Å².